The SMILES string of the molecule is CN1CCC(c2cnc(N3CCCC3)c(C#N)c2)CC1. The molecule has 4 nitrogen and oxygen atoms in total. The van der Waals surface area contributed by atoms with E-state index in [1.165, 1.54) is 31.2 Å². The van der Waals surface area contributed by atoms with Gasteiger partial charge in [0.25, 0.3) is 0 Å². The third-order valence-corrected chi connectivity index (χ3v) is 4.60. The molecule has 0 amide bonds. The third-order valence-electron chi connectivity index (χ3n) is 4.60. The van der Waals surface area contributed by atoms with E-state index in [2.05, 4.69) is 34.0 Å². The number of hydrogen-bond acceptors (Lipinski definition) is 4. The quantitative estimate of drug-likeness (QED) is 0.827. The van der Waals surface area contributed by atoms with E-state index in [1.807, 2.05) is 6.20 Å². The number of hydrogen-bond donors (Lipinski definition) is 0. The predicted molar refractivity (Wildman–Crippen MR) is 79.9 cm³/mol. The second kappa shape index (κ2) is 5.80. The van der Waals surface area contributed by atoms with Gasteiger partial charge in [-0.25, -0.2) is 4.98 Å². The molecule has 0 aliphatic carbocycles. The first-order valence-corrected chi connectivity index (χ1v) is 7.61. The zero-order valence-corrected chi connectivity index (χ0v) is 12.2. The second-order valence-electron chi connectivity index (χ2n) is 6.02. The Morgan fingerprint density at radius 1 is 1.20 bits per heavy atom. The highest BCUT2D eigenvalue weighted by Crippen LogP contribution is 2.30. The highest BCUT2D eigenvalue weighted by molar-refractivity contribution is 5.55. The average Bonchev–Trinajstić information content (AvgIpc) is 3.01. The van der Waals surface area contributed by atoms with Crippen LogP contribution in [0, 0.1) is 11.3 Å². The number of nitrogens with zero attached hydrogens (tertiary/aromatic N) is 4. The highest BCUT2D eigenvalue weighted by Gasteiger charge is 2.22. The smallest absolute Gasteiger partial charge is 0.146 e. The van der Waals surface area contributed by atoms with Crippen molar-refractivity contribution >= 4 is 5.82 Å². The van der Waals surface area contributed by atoms with Crippen LogP contribution >= 0.6 is 0 Å². The van der Waals surface area contributed by atoms with E-state index in [0.29, 0.717) is 5.92 Å². The first-order valence-electron chi connectivity index (χ1n) is 7.61. The Hall–Kier alpha value is -1.60. The average molecular weight is 270 g/mol. The summed E-state index contributed by atoms with van der Waals surface area (Å²) in [5.74, 6) is 1.46. The Bertz CT molecular complexity index is 506. The molecular formula is C16H22N4. The molecule has 0 aromatic carbocycles. The van der Waals surface area contributed by atoms with Crippen LogP contribution in [0.25, 0.3) is 0 Å². The van der Waals surface area contributed by atoms with Crippen LogP contribution in [0.1, 0.15) is 42.7 Å². The fourth-order valence-corrected chi connectivity index (χ4v) is 3.30. The molecule has 0 atom stereocenters. The molecule has 0 spiro atoms. The Labute approximate surface area is 121 Å². The lowest BCUT2D eigenvalue weighted by Gasteiger charge is -2.29. The molecule has 3 rings (SSSR count). The summed E-state index contributed by atoms with van der Waals surface area (Å²) in [5, 5.41) is 9.42. The van der Waals surface area contributed by atoms with Crippen molar-refractivity contribution in [2.75, 3.05) is 38.1 Å². The minimum absolute atomic E-state index is 0.568. The highest BCUT2D eigenvalue weighted by atomic mass is 15.2. The van der Waals surface area contributed by atoms with Gasteiger partial charge >= 0.3 is 0 Å². The molecule has 0 bridgehead atoms. The van der Waals surface area contributed by atoms with Gasteiger partial charge in [0, 0.05) is 19.3 Å². The van der Waals surface area contributed by atoms with Crippen LogP contribution in [0.3, 0.4) is 0 Å². The van der Waals surface area contributed by atoms with Crippen LogP contribution in [-0.2, 0) is 0 Å². The summed E-state index contributed by atoms with van der Waals surface area (Å²) in [6.45, 7) is 4.35. The van der Waals surface area contributed by atoms with Crippen LogP contribution in [0.4, 0.5) is 5.82 Å². The number of piperidine rings is 1. The van der Waals surface area contributed by atoms with Crippen LogP contribution < -0.4 is 4.90 Å². The number of pyridine rings is 1. The van der Waals surface area contributed by atoms with Gasteiger partial charge in [0.05, 0.1) is 5.56 Å². The van der Waals surface area contributed by atoms with Gasteiger partial charge in [-0.05, 0) is 63.4 Å². The molecule has 2 aliphatic rings. The number of aromatic nitrogens is 1. The van der Waals surface area contributed by atoms with Crippen LogP contribution in [0.5, 0.6) is 0 Å². The molecule has 1 aromatic heterocycles. The maximum atomic E-state index is 9.42. The minimum Gasteiger partial charge on any atom is -0.356 e. The summed E-state index contributed by atoms with van der Waals surface area (Å²) < 4.78 is 0. The number of rotatable bonds is 2. The van der Waals surface area contributed by atoms with Gasteiger partial charge in [0.2, 0.25) is 0 Å². The number of likely N-dealkylation sites (tertiary alicyclic amines) is 1. The first kappa shape index (κ1) is 13.4. The maximum Gasteiger partial charge on any atom is 0.146 e. The van der Waals surface area contributed by atoms with Gasteiger partial charge in [-0.1, -0.05) is 0 Å². The molecule has 3 heterocycles. The van der Waals surface area contributed by atoms with Crippen LogP contribution in [0.2, 0.25) is 0 Å². The summed E-state index contributed by atoms with van der Waals surface area (Å²) in [6, 6.07) is 4.43. The monoisotopic (exact) mass is 270 g/mol. The Morgan fingerprint density at radius 3 is 2.55 bits per heavy atom. The standard InChI is InChI=1S/C16H22N4/c1-19-8-4-13(5-9-19)15-10-14(11-17)16(18-12-15)20-6-2-3-7-20/h10,12-13H,2-9H2,1H3. The Balaban J connectivity index is 1.82. The fourth-order valence-electron chi connectivity index (χ4n) is 3.30. The molecule has 20 heavy (non-hydrogen) atoms. The molecular weight excluding hydrogens is 248 g/mol. The normalized spacial score (nSPS) is 21.1. The zero-order chi connectivity index (χ0) is 13.9. The summed E-state index contributed by atoms with van der Waals surface area (Å²) in [6.07, 6.45) is 6.77. The summed E-state index contributed by atoms with van der Waals surface area (Å²) in [4.78, 5) is 9.23. The van der Waals surface area contributed by atoms with Gasteiger partial charge in [0.15, 0.2) is 0 Å². The second-order valence-corrected chi connectivity index (χ2v) is 6.02. The summed E-state index contributed by atoms with van der Waals surface area (Å²) in [7, 11) is 2.17. The van der Waals surface area contributed by atoms with Gasteiger partial charge in [0.1, 0.15) is 11.9 Å². The molecule has 2 saturated heterocycles. The van der Waals surface area contributed by atoms with E-state index in [4.69, 9.17) is 0 Å². The topological polar surface area (TPSA) is 43.2 Å². The summed E-state index contributed by atoms with van der Waals surface area (Å²) in [5.41, 5.74) is 2.00. The summed E-state index contributed by atoms with van der Waals surface area (Å²) >= 11 is 0. The van der Waals surface area contributed by atoms with Gasteiger partial charge in [-0.2, -0.15) is 5.26 Å². The van der Waals surface area contributed by atoms with Gasteiger partial charge < -0.3 is 9.80 Å². The van der Waals surface area contributed by atoms with Gasteiger partial charge in [-0.15, -0.1) is 0 Å². The lowest BCUT2D eigenvalue weighted by atomic mass is 9.90. The van der Waals surface area contributed by atoms with E-state index in [1.54, 1.807) is 0 Å². The predicted octanol–water partition coefficient (Wildman–Crippen LogP) is 2.36. The van der Waals surface area contributed by atoms with E-state index in [0.717, 1.165) is 37.6 Å². The van der Waals surface area contributed by atoms with E-state index >= 15 is 0 Å². The maximum absolute atomic E-state index is 9.42. The number of nitriles is 1. The van der Waals surface area contributed by atoms with Crippen LogP contribution in [0.15, 0.2) is 12.3 Å². The molecule has 0 unspecified atom stereocenters. The molecule has 4 heteroatoms. The molecule has 106 valence electrons. The Morgan fingerprint density at radius 2 is 1.90 bits per heavy atom. The molecule has 1 aromatic rings. The fraction of sp³-hybridized carbons (Fsp3) is 0.625. The first-order chi connectivity index (χ1) is 9.78. The van der Waals surface area contributed by atoms with E-state index in [9.17, 15) is 5.26 Å². The van der Waals surface area contributed by atoms with Crippen molar-refractivity contribution in [3.8, 4) is 6.07 Å². The molecule has 0 radical (unpaired) electrons. The largest absolute Gasteiger partial charge is 0.356 e. The lowest BCUT2D eigenvalue weighted by Crippen LogP contribution is -2.29. The third kappa shape index (κ3) is 2.64. The van der Waals surface area contributed by atoms with Gasteiger partial charge in [-0.3, -0.25) is 0 Å². The lowest BCUT2D eigenvalue weighted by molar-refractivity contribution is 0.255. The van der Waals surface area contributed by atoms with E-state index < -0.39 is 0 Å². The Kier molecular flexibility index (Phi) is 3.88. The molecule has 0 saturated carbocycles. The molecule has 2 fully saturated rings. The van der Waals surface area contributed by atoms with Crippen molar-refractivity contribution in [3.05, 3.63) is 23.4 Å². The van der Waals surface area contributed by atoms with Crippen molar-refractivity contribution in [1.29, 1.82) is 5.26 Å². The molecule has 0 N–H and O–H groups in total. The number of anilines is 1. The van der Waals surface area contributed by atoms with Crippen molar-refractivity contribution in [2.45, 2.75) is 31.6 Å². The van der Waals surface area contributed by atoms with Crippen molar-refractivity contribution < 1.29 is 0 Å². The molecule has 2 aliphatic heterocycles. The van der Waals surface area contributed by atoms with E-state index in [-0.39, 0.29) is 0 Å². The van der Waals surface area contributed by atoms with Crippen molar-refractivity contribution in [1.82, 2.24) is 9.88 Å². The minimum atomic E-state index is 0.568. The zero-order valence-electron chi connectivity index (χ0n) is 12.2. The van der Waals surface area contributed by atoms with Crippen molar-refractivity contribution in [2.24, 2.45) is 0 Å². The van der Waals surface area contributed by atoms with Crippen LogP contribution in [-0.4, -0.2) is 43.1 Å². The van der Waals surface area contributed by atoms with Crippen molar-refractivity contribution in [3.63, 3.8) is 0 Å².